The fourth-order valence-corrected chi connectivity index (χ4v) is 16.3. The highest BCUT2D eigenvalue weighted by Gasteiger charge is 2.66. The molecule has 6 heterocycles. The zero-order valence-corrected chi connectivity index (χ0v) is 51.8. The number of hydrogen-bond acceptors (Lipinski definition) is 21. The third kappa shape index (κ3) is 14.1. The lowest BCUT2D eigenvalue weighted by Crippen LogP contribution is -2.64. The molecule has 2 aromatic carbocycles. The summed E-state index contributed by atoms with van der Waals surface area (Å²) in [6, 6.07) is 17.2. The molecular weight excluding hydrogens is 1220 g/mol. The van der Waals surface area contributed by atoms with Crippen molar-refractivity contribution in [1.29, 1.82) is 0 Å². The molecule has 2 unspecified atom stereocenters. The highest BCUT2D eigenvalue weighted by Crippen LogP contribution is 2.72. The molecule has 7 atom stereocenters. The maximum Gasteiger partial charge on any atom is 0.410 e. The van der Waals surface area contributed by atoms with Crippen LogP contribution in [0.3, 0.4) is 0 Å². The Kier molecular flexibility index (Phi) is 18.1. The minimum Gasteiger partial charge on any atom is -0.479 e. The number of carbonyl (C=O) groups excluding carboxylic acids is 3. The zero-order chi connectivity index (χ0) is 64.8. The van der Waals surface area contributed by atoms with Crippen LogP contribution in [0.4, 0.5) is 21.4 Å². The van der Waals surface area contributed by atoms with E-state index in [0.717, 1.165) is 58.5 Å². The summed E-state index contributed by atoms with van der Waals surface area (Å²) in [6.45, 7) is 7.09. The average molecular weight is 1290 g/mol. The van der Waals surface area contributed by atoms with Crippen LogP contribution >= 0.6 is 11.3 Å². The second-order valence-corrected chi connectivity index (χ2v) is 27.8. The normalized spacial score (nSPS) is 25.9. The van der Waals surface area contributed by atoms with E-state index in [4.69, 9.17) is 34.8 Å². The van der Waals surface area contributed by atoms with Gasteiger partial charge in [-0.15, -0.1) is 0 Å². The first-order valence-electron chi connectivity index (χ1n) is 29.8. The largest absolute Gasteiger partial charge is 0.479 e. The van der Waals surface area contributed by atoms with E-state index in [1.54, 1.807) is 24.5 Å². The topological polar surface area (TPSA) is 391 Å². The minimum atomic E-state index is -4.51. The summed E-state index contributed by atoms with van der Waals surface area (Å²) >= 11 is 1.33. The highest BCUT2D eigenvalue weighted by atomic mass is 32.2. The summed E-state index contributed by atoms with van der Waals surface area (Å²) in [7, 11) is -4.51. The van der Waals surface area contributed by atoms with Crippen molar-refractivity contribution < 1.29 is 81.4 Å². The van der Waals surface area contributed by atoms with Crippen LogP contribution in [0.25, 0.3) is 27.6 Å². The number of carboxylic acid groups (broad SMARTS) is 2. The summed E-state index contributed by atoms with van der Waals surface area (Å²) in [5.41, 5.74) is 9.42. The van der Waals surface area contributed by atoms with Gasteiger partial charge in [-0.1, -0.05) is 49.5 Å². The van der Waals surface area contributed by atoms with Gasteiger partial charge in [-0.05, 0) is 133 Å². The van der Waals surface area contributed by atoms with Gasteiger partial charge >= 0.3 is 18.0 Å². The number of fused-ring (bicyclic) bond motifs is 2. The van der Waals surface area contributed by atoms with Crippen molar-refractivity contribution in [2.45, 2.75) is 122 Å². The number of rotatable bonds is 23. The van der Waals surface area contributed by atoms with Crippen molar-refractivity contribution in [3.63, 3.8) is 0 Å². The quantitative estimate of drug-likeness (QED) is 0.0357. The van der Waals surface area contributed by atoms with Crippen molar-refractivity contribution in [3.05, 3.63) is 113 Å². The molecule has 484 valence electrons. The number of aliphatic hydroxyl groups excluding tert-OH is 3. The first-order chi connectivity index (χ1) is 43.2. The number of thiazole rings is 1. The number of aliphatic hydroxyl groups is 3. The van der Waals surface area contributed by atoms with Crippen LogP contribution < -0.4 is 26.0 Å². The van der Waals surface area contributed by atoms with Crippen LogP contribution in [0, 0.1) is 23.2 Å². The smallest absolute Gasteiger partial charge is 0.410 e. The third-order valence-corrected chi connectivity index (χ3v) is 19.4. The Hall–Kier alpha value is -8.00. The maximum absolute atomic E-state index is 13.8. The first-order valence-corrected chi connectivity index (χ1v) is 32.2. The van der Waals surface area contributed by atoms with Gasteiger partial charge in [0.05, 0.1) is 34.5 Å². The Morgan fingerprint density at radius 3 is 2.42 bits per heavy atom. The molecule has 5 fully saturated rings. The lowest BCUT2D eigenvalue weighted by atomic mass is 9.39. The van der Waals surface area contributed by atoms with Gasteiger partial charge in [-0.25, -0.2) is 24.4 Å². The molecule has 4 aliphatic carbocycles. The summed E-state index contributed by atoms with van der Waals surface area (Å²) in [6.07, 6.45) is 1.38. The molecular formula is C62H72N10O17S2. The predicted molar refractivity (Wildman–Crippen MR) is 331 cm³/mol. The van der Waals surface area contributed by atoms with Crippen molar-refractivity contribution in [2.24, 2.45) is 22.0 Å². The number of aliphatic carboxylic acids is 1. The Labute approximate surface area is 526 Å². The monoisotopic (exact) mass is 1290 g/mol. The molecule has 3 amide bonds. The number of amides is 3. The Morgan fingerprint density at radius 1 is 0.912 bits per heavy atom. The standard InChI is InChI=1S/C62H72N10O17S2/c1-35-40(38-12-14-45(67-47(38)54(78)79)71-19-16-37-8-4-9-39(41(37)27-71)53(77)69-57-68-52-44(90-57)10-5-18-64-52)26-65-72(35)34-61-29-59(2)28-60(3,30-61)32-62(31-59,33-61)87-23-20-70(21-24-91(83,84)85)58(82)86-22-6-7-36-11-13-43(42(25-36)66-46(73)15-17-63)88-56-50(76)48(74)49(75)51(89-56)55(80)81/h4-14,18,25-26,48-51,56,74-76H,15-17,19-24,27-34,63H2,1-3H3,(H,66,73)(H,78,79)(H,80,81)(H,83,84,85)(H,64,68,69,77)/b7-6+/t48-,49-,50+,51-,56+,59?,60?,61?,62?/m0/s1. The molecule has 1 saturated heterocycles. The van der Waals surface area contributed by atoms with Crippen LogP contribution in [0.2, 0.25) is 0 Å². The number of pyridine rings is 2. The van der Waals surface area contributed by atoms with Crippen LogP contribution in [-0.2, 0) is 53.4 Å². The van der Waals surface area contributed by atoms with E-state index < -0.39 is 82.7 Å². The van der Waals surface area contributed by atoms with Gasteiger partial charge in [0.2, 0.25) is 12.2 Å². The second-order valence-electron chi connectivity index (χ2n) is 25.2. The number of nitrogens with zero attached hydrogens (tertiary/aromatic N) is 7. The molecule has 27 nitrogen and oxygen atoms in total. The molecule has 6 aliphatic rings. The van der Waals surface area contributed by atoms with Crippen LogP contribution in [0.15, 0.2) is 79.1 Å². The number of hydrogen-bond donors (Lipinski definition) is 9. The molecule has 4 bridgehead atoms. The van der Waals surface area contributed by atoms with E-state index in [-0.39, 0.29) is 72.0 Å². The third-order valence-electron chi connectivity index (χ3n) is 17.8. The summed E-state index contributed by atoms with van der Waals surface area (Å²) in [5.74, 6) is -4.07. The van der Waals surface area contributed by atoms with Gasteiger partial charge in [0.25, 0.3) is 16.0 Å². The van der Waals surface area contributed by atoms with Gasteiger partial charge in [-0.2, -0.15) is 18.5 Å². The molecule has 4 saturated carbocycles. The van der Waals surface area contributed by atoms with Crippen molar-refractivity contribution in [3.8, 4) is 16.9 Å². The van der Waals surface area contributed by atoms with Crippen LogP contribution in [0.1, 0.15) is 102 Å². The summed E-state index contributed by atoms with van der Waals surface area (Å²) in [4.78, 5) is 81.6. The first kappa shape index (κ1) is 64.5. The van der Waals surface area contributed by atoms with E-state index in [9.17, 15) is 62.5 Å². The van der Waals surface area contributed by atoms with Gasteiger partial charge < -0.3 is 65.3 Å². The molecule has 2 aliphatic heterocycles. The van der Waals surface area contributed by atoms with Gasteiger partial charge in [0.1, 0.15) is 36.5 Å². The highest BCUT2D eigenvalue weighted by molar-refractivity contribution is 7.85. The van der Waals surface area contributed by atoms with E-state index in [0.29, 0.717) is 71.3 Å². The SMILES string of the molecule is Cc1c(-c2ccc(N3CCc4cccc(C(=O)Nc5nc6ncccc6s5)c4C3)nc2C(=O)O)cnn1CC12CC3(C)CC(C)(C1)CC(OCCN(CCS(=O)(=O)O)C(=O)OC/C=C/c1ccc(O[C@@H]4O[C@H](C(=O)O)[C@@H](O)[C@H](O)[C@H]4O)c(NC(=O)CCN)c1)(C3)C2. The number of anilines is 3. The van der Waals surface area contributed by atoms with Gasteiger partial charge in [0, 0.05) is 74.3 Å². The maximum atomic E-state index is 13.8. The lowest BCUT2D eigenvalue weighted by Gasteiger charge is -2.69. The number of nitrogens with one attached hydrogen (secondary N) is 2. The van der Waals surface area contributed by atoms with Crippen molar-refractivity contribution in [2.75, 3.05) is 60.7 Å². The van der Waals surface area contributed by atoms with E-state index in [1.807, 2.05) is 46.8 Å². The predicted octanol–water partition coefficient (Wildman–Crippen LogP) is 5.51. The molecule has 4 aromatic heterocycles. The molecule has 10 N–H and O–H groups in total. The zero-order valence-electron chi connectivity index (χ0n) is 50.2. The summed E-state index contributed by atoms with van der Waals surface area (Å²) < 4.78 is 60.0. The molecule has 6 aromatic rings. The number of carbonyl (C=O) groups is 5. The number of aromatic nitrogens is 5. The number of nitrogens with two attached hydrogens (primary N) is 1. The average Bonchev–Trinajstić information content (AvgIpc) is 1.01. The van der Waals surface area contributed by atoms with E-state index in [2.05, 4.69) is 34.4 Å². The Balaban J connectivity index is 0.746. The van der Waals surface area contributed by atoms with E-state index in [1.165, 1.54) is 41.7 Å². The Morgan fingerprint density at radius 2 is 1.69 bits per heavy atom. The fraction of sp³-hybridized carbons (Fsp3) is 0.468. The summed E-state index contributed by atoms with van der Waals surface area (Å²) in [5, 5.41) is 62.1. The number of ether oxygens (including phenoxy) is 4. The number of carboxylic acids is 2. The van der Waals surface area contributed by atoms with Gasteiger partial charge in [-0.3, -0.25) is 24.1 Å². The molecule has 91 heavy (non-hydrogen) atoms. The number of aromatic carboxylic acids is 1. The fourth-order valence-electron chi connectivity index (χ4n) is 15.1. The number of benzene rings is 2. The lowest BCUT2D eigenvalue weighted by molar-refractivity contribution is -0.271. The molecule has 0 radical (unpaired) electrons. The molecule has 29 heteroatoms. The minimum absolute atomic E-state index is 0.000746. The Bertz CT molecular complexity index is 3900. The van der Waals surface area contributed by atoms with Crippen LogP contribution in [0.5, 0.6) is 5.75 Å². The van der Waals surface area contributed by atoms with Gasteiger partial charge in [0.15, 0.2) is 22.6 Å². The van der Waals surface area contributed by atoms with E-state index >= 15 is 0 Å². The second kappa shape index (κ2) is 25.6. The van der Waals surface area contributed by atoms with Crippen LogP contribution in [-0.4, -0.2) is 179 Å². The molecule has 12 rings (SSSR count). The van der Waals surface area contributed by atoms with Crippen molar-refractivity contribution in [1.82, 2.24) is 29.6 Å². The molecule has 0 spiro atoms. The van der Waals surface area contributed by atoms with Crippen molar-refractivity contribution >= 4 is 84.4 Å².